The van der Waals surface area contributed by atoms with E-state index < -0.39 is 0 Å². The van der Waals surface area contributed by atoms with Gasteiger partial charge in [0.1, 0.15) is 0 Å². The van der Waals surface area contributed by atoms with Gasteiger partial charge in [0.25, 0.3) is 0 Å². The molecule has 1 aromatic carbocycles. The molecule has 1 saturated heterocycles. The first-order valence-corrected chi connectivity index (χ1v) is 6.70. The van der Waals surface area contributed by atoms with E-state index in [2.05, 4.69) is 16.4 Å². The van der Waals surface area contributed by atoms with Gasteiger partial charge in [-0.1, -0.05) is 0 Å². The van der Waals surface area contributed by atoms with Gasteiger partial charge in [0.15, 0.2) is 0 Å². The molecule has 1 fully saturated rings. The second-order valence-corrected chi connectivity index (χ2v) is 5.45. The summed E-state index contributed by atoms with van der Waals surface area (Å²) in [6.07, 6.45) is 2.45. The van der Waals surface area contributed by atoms with Crippen LogP contribution in [0.15, 0.2) is 18.2 Å². The first-order chi connectivity index (χ1) is 8.36. The number of fused-ring (bicyclic) bond motifs is 1. The van der Waals surface area contributed by atoms with Crippen molar-refractivity contribution in [1.29, 1.82) is 5.26 Å². The van der Waals surface area contributed by atoms with Crippen molar-refractivity contribution in [3.63, 3.8) is 0 Å². The SMILES string of the molecule is N#Cc1ccc2sc(C3CCCNC3)nc2c1. The number of benzene rings is 1. The highest BCUT2D eigenvalue weighted by Crippen LogP contribution is 2.31. The van der Waals surface area contributed by atoms with Gasteiger partial charge >= 0.3 is 0 Å². The topological polar surface area (TPSA) is 48.7 Å². The molecule has 86 valence electrons. The molecule has 0 saturated carbocycles. The average Bonchev–Trinajstić information content (AvgIpc) is 2.82. The Balaban J connectivity index is 1.98. The maximum absolute atomic E-state index is 8.87. The second-order valence-electron chi connectivity index (χ2n) is 4.39. The molecule has 3 nitrogen and oxygen atoms in total. The molecule has 1 aromatic heterocycles. The Bertz CT molecular complexity index is 576. The zero-order valence-corrected chi connectivity index (χ0v) is 10.3. The average molecular weight is 243 g/mol. The molecule has 17 heavy (non-hydrogen) atoms. The summed E-state index contributed by atoms with van der Waals surface area (Å²) in [6, 6.07) is 7.91. The van der Waals surface area contributed by atoms with Crippen molar-refractivity contribution in [2.45, 2.75) is 18.8 Å². The highest BCUT2D eigenvalue weighted by atomic mass is 32.1. The van der Waals surface area contributed by atoms with Crippen molar-refractivity contribution < 1.29 is 0 Å². The molecule has 0 spiro atoms. The number of aromatic nitrogens is 1. The van der Waals surface area contributed by atoms with E-state index in [-0.39, 0.29) is 0 Å². The summed E-state index contributed by atoms with van der Waals surface area (Å²) in [5, 5.41) is 13.5. The molecule has 0 aliphatic carbocycles. The molecule has 1 atom stereocenters. The van der Waals surface area contributed by atoms with Gasteiger partial charge in [-0.2, -0.15) is 5.26 Å². The lowest BCUT2D eigenvalue weighted by Gasteiger charge is -2.20. The van der Waals surface area contributed by atoms with Crippen LogP contribution in [0.1, 0.15) is 29.3 Å². The Kier molecular flexibility index (Phi) is 2.79. The standard InChI is InChI=1S/C13H13N3S/c14-7-9-3-4-12-11(6-9)16-13(17-12)10-2-1-5-15-8-10/h3-4,6,10,15H,1-2,5,8H2. The molecule has 0 amide bonds. The maximum atomic E-state index is 8.87. The van der Waals surface area contributed by atoms with E-state index in [0.29, 0.717) is 11.5 Å². The minimum Gasteiger partial charge on any atom is -0.316 e. The summed E-state index contributed by atoms with van der Waals surface area (Å²) >= 11 is 1.76. The van der Waals surface area contributed by atoms with Gasteiger partial charge in [-0.05, 0) is 37.6 Å². The van der Waals surface area contributed by atoms with Crippen LogP contribution in [0.3, 0.4) is 0 Å². The van der Waals surface area contributed by atoms with Crippen molar-refractivity contribution >= 4 is 21.6 Å². The van der Waals surface area contributed by atoms with Crippen LogP contribution in [-0.4, -0.2) is 18.1 Å². The maximum Gasteiger partial charge on any atom is 0.0992 e. The Morgan fingerprint density at radius 1 is 1.47 bits per heavy atom. The van der Waals surface area contributed by atoms with Crippen LogP contribution in [0.25, 0.3) is 10.2 Å². The minimum absolute atomic E-state index is 0.548. The normalized spacial score (nSPS) is 20.3. The van der Waals surface area contributed by atoms with E-state index in [1.807, 2.05) is 18.2 Å². The summed E-state index contributed by atoms with van der Waals surface area (Å²) in [4.78, 5) is 4.67. The number of nitrogens with zero attached hydrogens (tertiary/aromatic N) is 2. The third kappa shape index (κ3) is 2.04. The van der Waals surface area contributed by atoms with E-state index in [9.17, 15) is 0 Å². The number of rotatable bonds is 1. The highest BCUT2D eigenvalue weighted by Gasteiger charge is 2.18. The zero-order valence-electron chi connectivity index (χ0n) is 9.44. The number of nitrogens with one attached hydrogen (secondary N) is 1. The predicted octanol–water partition coefficient (Wildman–Crippen LogP) is 2.63. The van der Waals surface area contributed by atoms with Crippen LogP contribution in [0, 0.1) is 11.3 Å². The summed E-state index contributed by atoms with van der Waals surface area (Å²) in [6.45, 7) is 2.16. The molecule has 1 N–H and O–H groups in total. The van der Waals surface area contributed by atoms with Gasteiger partial charge in [0, 0.05) is 12.5 Å². The summed E-state index contributed by atoms with van der Waals surface area (Å²) < 4.78 is 1.18. The number of nitriles is 1. The second kappa shape index (κ2) is 4.44. The Morgan fingerprint density at radius 3 is 3.18 bits per heavy atom. The lowest BCUT2D eigenvalue weighted by atomic mass is 10.0. The van der Waals surface area contributed by atoms with Crippen LogP contribution in [0.5, 0.6) is 0 Å². The van der Waals surface area contributed by atoms with E-state index in [1.54, 1.807) is 11.3 Å². The third-order valence-corrected chi connectivity index (χ3v) is 4.38. The van der Waals surface area contributed by atoms with Gasteiger partial charge in [-0.25, -0.2) is 4.98 Å². The van der Waals surface area contributed by atoms with Gasteiger partial charge in [0.2, 0.25) is 0 Å². The molecule has 2 aromatic rings. The molecular weight excluding hydrogens is 230 g/mol. The number of hydrogen-bond acceptors (Lipinski definition) is 4. The largest absolute Gasteiger partial charge is 0.316 e. The van der Waals surface area contributed by atoms with Crippen molar-refractivity contribution in [3.8, 4) is 6.07 Å². The highest BCUT2D eigenvalue weighted by molar-refractivity contribution is 7.18. The molecule has 4 heteroatoms. The molecule has 0 bridgehead atoms. The van der Waals surface area contributed by atoms with E-state index >= 15 is 0 Å². The Morgan fingerprint density at radius 2 is 2.41 bits per heavy atom. The van der Waals surface area contributed by atoms with Gasteiger partial charge in [0.05, 0.1) is 26.9 Å². The number of piperidine rings is 1. The molecule has 1 aliphatic rings. The number of thiazole rings is 1. The monoisotopic (exact) mass is 243 g/mol. The van der Waals surface area contributed by atoms with Gasteiger partial charge < -0.3 is 5.32 Å². The van der Waals surface area contributed by atoms with Gasteiger partial charge in [-0.15, -0.1) is 11.3 Å². The molecule has 3 rings (SSSR count). The zero-order chi connectivity index (χ0) is 11.7. The summed E-state index contributed by atoms with van der Waals surface area (Å²) in [7, 11) is 0. The molecule has 1 unspecified atom stereocenters. The van der Waals surface area contributed by atoms with Crippen LogP contribution in [0.2, 0.25) is 0 Å². The van der Waals surface area contributed by atoms with Crippen molar-refractivity contribution in [2.75, 3.05) is 13.1 Å². The van der Waals surface area contributed by atoms with Crippen molar-refractivity contribution in [1.82, 2.24) is 10.3 Å². The van der Waals surface area contributed by atoms with Crippen LogP contribution in [-0.2, 0) is 0 Å². The number of hydrogen-bond donors (Lipinski definition) is 1. The first kappa shape index (κ1) is 10.7. The third-order valence-electron chi connectivity index (χ3n) is 3.18. The Labute approximate surface area is 104 Å². The molecule has 2 heterocycles. The molecular formula is C13H13N3S. The fourth-order valence-corrected chi connectivity index (χ4v) is 3.33. The van der Waals surface area contributed by atoms with E-state index in [1.165, 1.54) is 22.5 Å². The lowest BCUT2D eigenvalue weighted by molar-refractivity contribution is 0.461. The summed E-state index contributed by atoms with van der Waals surface area (Å²) in [5.74, 6) is 0.548. The smallest absolute Gasteiger partial charge is 0.0992 e. The van der Waals surface area contributed by atoms with E-state index in [0.717, 1.165) is 18.6 Å². The molecule has 1 aliphatic heterocycles. The predicted molar refractivity (Wildman–Crippen MR) is 69.2 cm³/mol. The van der Waals surface area contributed by atoms with Crippen molar-refractivity contribution in [3.05, 3.63) is 28.8 Å². The van der Waals surface area contributed by atoms with Gasteiger partial charge in [-0.3, -0.25) is 0 Å². The fourth-order valence-electron chi connectivity index (χ4n) is 2.25. The fraction of sp³-hybridized carbons (Fsp3) is 0.385. The molecule has 0 radical (unpaired) electrons. The lowest BCUT2D eigenvalue weighted by Crippen LogP contribution is -2.28. The first-order valence-electron chi connectivity index (χ1n) is 5.88. The van der Waals surface area contributed by atoms with Crippen molar-refractivity contribution in [2.24, 2.45) is 0 Å². The van der Waals surface area contributed by atoms with Crippen LogP contribution >= 0.6 is 11.3 Å². The quantitative estimate of drug-likeness (QED) is 0.837. The minimum atomic E-state index is 0.548. The van der Waals surface area contributed by atoms with E-state index in [4.69, 9.17) is 5.26 Å². The van der Waals surface area contributed by atoms with Crippen LogP contribution < -0.4 is 5.32 Å². The van der Waals surface area contributed by atoms with Crippen LogP contribution in [0.4, 0.5) is 0 Å². The summed E-state index contributed by atoms with van der Waals surface area (Å²) in [5.41, 5.74) is 1.66. The Hall–Kier alpha value is -1.44.